The number of aryl methyl sites for hydroxylation is 1. The highest BCUT2D eigenvalue weighted by atomic mass is 19.1. The fourth-order valence-corrected chi connectivity index (χ4v) is 4.09. The molecule has 1 aliphatic carbocycles. The summed E-state index contributed by atoms with van der Waals surface area (Å²) in [7, 11) is 0. The molecule has 0 saturated carbocycles. The van der Waals surface area contributed by atoms with E-state index >= 15 is 0 Å². The summed E-state index contributed by atoms with van der Waals surface area (Å²) in [5.41, 5.74) is 5.07. The molecule has 5 nitrogen and oxygen atoms in total. The quantitative estimate of drug-likeness (QED) is 0.551. The van der Waals surface area contributed by atoms with Gasteiger partial charge >= 0.3 is 5.97 Å². The Kier molecular flexibility index (Phi) is 3.47. The van der Waals surface area contributed by atoms with Crippen LogP contribution in [-0.2, 0) is 12.8 Å². The van der Waals surface area contributed by atoms with E-state index in [-0.39, 0.29) is 11.4 Å². The number of aromatic amines is 1. The predicted molar refractivity (Wildman–Crippen MR) is 100 cm³/mol. The summed E-state index contributed by atoms with van der Waals surface area (Å²) >= 11 is 0. The maximum atomic E-state index is 14.8. The molecule has 2 aromatic heterocycles. The number of fused-ring (bicyclic) bond motifs is 5. The van der Waals surface area contributed by atoms with E-state index in [2.05, 4.69) is 10.2 Å². The van der Waals surface area contributed by atoms with Crippen LogP contribution >= 0.6 is 0 Å². The van der Waals surface area contributed by atoms with Crippen LogP contribution in [0.4, 0.5) is 4.39 Å². The maximum Gasteiger partial charge on any atom is 0.335 e. The van der Waals surface area contributed by atoms with Gasteiger partial charge in [0.05, 0.1) is 23.0 Å². The second-order valence-electron chi connectivity index (χ2n) is 6.92. The van der Waals surface area contributed by atoms with Crippen LogP contribution in [0.25, 0.3) is 33.1 Å². The second-order valence-corrected chi connectivity index (χ2v) is 6.92. The van der Waals surface area contributed by atoms with Crippen LogP contribution in [0.2, 0.25) is 0 Å². The van der Waals surface area contributed by atoms with Gasteiger partial charge in [0, 0.05) is 22.4 Å². The Labute approximate surface area is 153 Å². The third-order valence-corrected chi connectivity index (χ3v) is 5.36. The maximum absolute atomic E-state index is 14.8. The molecular formula is C21H16FN3O2. The van der Waals surface area contributed by atoms with Crippen molar-refractivity contribution in [2.24, 2.45) is 0 Å². The lowest BCUT2D eigenvalue weighted by molar-refractivity contribution is 0.0697. The molecule has 5 rings (SSSR count). The Balaban J connectivity index is 1.84. The second kappa shape index (κ2) is 5.87. The number of rotatable bonds is 2. The van der Waals surface area contributed by atoms with Crippen LogP contribution in [0.3, 0.4) is 0 Å². The van der Waals surface area contributed by atoms with E-state index in [0.717, 1.165) is 58.8 Å². The van der Waals surface area contributed by atoms with E-state index in [1.165, 1.54) is 6.07 Å². The van der Waals surface area contributed by atoms with Crippen LogP contribution in [-0.4, -0.2) is 26.3 Å². The van der Waals surface area contributed by atoms with Crippen LogP contribution in [0.5, 0.6) is 0 Å². The number of pyridine rings is 1. The highest BCUT2D eigenvalue weighted by Crippen LogP contribution is 2.38. The van der Waals surface area contributed by atoms with E-state index in [0.29, 0.717) is 11.0 Å². The zero-order chi connectivity index (χ0) is 18.5. The first kappa shape index (κ1) is 15.9. The number of nitrogens with zero attached hydrogens (tertiary/aromatic N) is 2. The van der Waals surface area contributed by atoms with Gasteiger partial charge < -0.3 is 5.11 Å². The standard InChI is InChI=1S/C21H16FN3O2/c22-16-9-17-15(10-23-25-17)18-13-3-1-2-4-14(13)19(24-20(16)18)11-5-7-12(8-6-11)21(26)27/h5-10H,1-4H2,(H,23,25)(H,26,27). The SMILES string of the molecule is O=C(O)c1ccc(-c2nc3c(F)cc4[nH]ncc4c3c3c2CCCC3)cc1. The number of hydrogen-bond acceptors (Lipinski definition) is 3. The lowest BCUT2D eigenvalue weighted by atomic mass is 9.85. The summed E-state index contributed by atoms with van der Waals surface area (Å²) in [6.45, 7) is 0. The lowest BCUT2D eigenvalue weighted by Crippen LogP contribution is -2.08. The Morgan fingerprint density at radius 3 is 2.59 bits per heavy atom. The van der Waals surface area contributed by atoms with E-state index in [9.17, 15) is 9.18 Å². The van der Waals surface area contributed by atoms with Crippen LogP contribution < -0.4 is 0 Å². The number of nitrogens with one attached hydrogen (secondary N) is 1. The van der Waals surface area contributed by atoms with Crippen LogP contribution in [0, 0.1) is 5.82 Å². The van der Waals surface area contributed by atoms with Gasteiger partial charge in [-0.15, -0.1) is 0 Å². The minimum Gasteiger partial charge on any atom is -0.478 e. The molecule has 0 saturated heterocycles. The molecular weight excluding hydrogens is 345 g/mol. The zero-order valence-corrected chi connectivity index (χ0v) is 14.4. The molecule has 4 aromatic rings. The molecule has 0 aliphatic heterocycles. The first-order valence-electron chi connectivity index (χ1n) is 8.94. The number of H-pyrrole nitrogens is 1. The van der Waals surface area contributed by atoms with E-state index in [1.54, 1.807) is 30.5 Å². The smallest absolute Gasteiger partial charge is 0.335 e. The minimum absolute atomic E-state index is 0.222. The van der Waals surface area contributed by atoms with Gasteiger partial charge in [-0.3, -0.25) is 5.10 Å². The Morgan fingerprint density at radius 2 is 1.85 bits per heavy atom. The largest absolute Gasteiger partial charge is 0.478 e. The lowest BCUT2D eigenvalue weighted by Gasteiger charge is -2.22. The van der Waals surface area contributed by atoms with Crippen molar-refractivity contribution in [2.45, 2.75) is 25.7 Å². The van der Waals surface area contributed by atoms with Gasteiger partial charge in [-0.05, 0) is 48.9 Å². The fraction of sp³-hybridized carbons (Fsp3) is 0.190. The van der Waals surface area contributed by atoms with E-state index in [4.69, 9.17) is 10.1 Å². The average molecular weight is 361 g/mol. The minimum atomic E-state index is -0.969. The number of hydrogen-bond donors (Lipinski definition) is 2. The van der Waals surface area contributed by atoms with Crippen molar-refractivity contribution < 1.29 is 14.3 Å². The molecule has 1 aliphatic rings. The summed E-state index contributed by atoms with van der Waals surface area (Å²) in [5.74, 6) is -1.35. The van der Waals surface area contributed by atoms with Gasteiger partial charge in [0.1, 0.15) is 5.52 Å². The highest BCUT2D eigenvalue weighted by molar-refractivity contribution is 6.08. The highest BCUT2D eigenvalue weighted by Gasteiger charge is 2.23. The van der Waals surface area contributed by atoms with Crippen molar-refractivity contribution in [1.82, 2.24) is 15.2 Å². The van der Waals surface area contributed by atoms with Crippen molar-refractivity contribution in [3.05, 3.63) is 59.0 Å². The monoisotopic (exact) mass is 361 g/mol. The Morgan fingerprint density at radius 1 is 1.11 bits per heavy atom. The molecule has 6 heteroatoms. The summed E-state index contributed by atoms with van der Waals surface area (Å²) in [6, 6.07) is 8.06. The summed E-state index contributed by atoms with van der Waals surface area (Å²) in [4.78, 5) is 15.8. The molecule has 2 heterocycles. The molecule has 0 spiro atoms. The van der Waals surface area contributed by atoms with Gasteiger partial charge in [0.15, 0.2) is 5.82 Å². The molecule has 0 amide bonds. The van der Waals surface area contributed by atoms with Gasteiger partial charge in [0.25, 0.3) is 0 Å². The van der Waals surface area contributed by atoms with E-state index in [1.807, 2.05) is 0 Å². The first-order chi connectivity index (χ1) is 13.1. The number of carboxylic acid groups (broad SMARTS) is 1. The van der Waals surface area contributed by atoms with Crippen molar-refractivity contribution in [3.63, 3.8) is 0 Å². The Bertz CT molecular complexity index is 1210. The number of carbonyl (C=O) groups is 1. The molecule has 2 N–H and O–H groups in total. The molecule has 2 aromatic carbocycles. The van der Waals surface area contributed by atoms with Crippen molar-refractivity contribution in [3.8, 4) is 11.3 Å². The average Bonchev–Trinajstić information content (AvgIpc) is 3.15. The third kappa shape index (κ3) is 2.40. The fourth-order valence-electron chi connectivity index (χ4n) is 4.09. The summed E-state index contributed by atoms with van der Waals surface area (Å²) in [5, 5.41) is 17.8. The first-order valence-corrected chi connectivity index (χ1v) is 8.94. The number of halogens is 1. The molecule has 27 heavy (non-hydrogen) atoms. The molecule has 0 atom stereocenters. The van der Waals surface area contributed by atoms with Crippen LogP contribution in [0.1, 0.15) is 34.3 Å². The number of aromatic carboxylic acids is 1. The number of carboxylic acids is 1. The Hall–Kier alpha value is -3.28. The summed E-state index contributed by atoms with van der Waals surface area (Å²) < 4.78 is 14.8. The van der Waals surface area contributed by atoms with Gasteiger partial charge in [-0.2, -0.15) is 5.10 Å². The predicted octanol–water partition coefficient (Wildman–Crippen LogP) is 4.49. The van der Waals surface area contributed by atoms with Gasteiger partial charge in [-0.25, -0.2) is 14.2 Å². The van der Waals surface area contributed by atoms with Crippen LogP contribution in [0.15, 0.2) is 36.5 Å². The molecule has 134 valence electrons. The summed E-state index contributed by atoms with van der Waals surface area (Å²) in [6.07, 6.45) is 5.60. The molecule has 0 radical (unpaired) electrons. The van der Waals surface area contributed by atoms with Crippen molar-refractivity contribution in [1.29, 1.82) is 0 Å². The van der Waals surface area contributed by atoms with Crippen molar-refractivity contribution in [2.75, 3.05) is 0 Å². The zero-order valence-electron chi connectivity index (χ0n) is 14.4. The molecule has 0 fully saturated rings. The number of aromatic nitrogens is 3. The normalized spacial score (nSPS) is 13.8. The number of benzene rings is 2. The van der Waals surface area contributed by atoms with Gasteiger partial charge in [0.2, 0.25) is 0 Å². The molecule has 0 bridgehead atoms. The van der Waals surface area contributed by atoms with E-state index < -0.39 is 5.97 Å². The topological polar surface area (TPSA) is 78.9 Å². The molecule has 0 unspecified atom stereocenters. The van der Waals surface area contributed by atoms with Crippen molar-refractivity contribution >= 4 is 27.8 Å². The third-order valence-electron chi connectivity index (χ3n) is 5.36. The van der Waals surface area contributed by atoms with Gasteiger partial charge in [-0.1, -0.05) is 12.1 Å².